The fourth-order valence-electron chi connectivity index (χ4n) is 4.07. The zero-order valence-electron chi connectivity index (χ0n) is 22.5. The van der Waals surface area contributed by atoms with Crippen LogP contribution in [0.1, 0.15) is 44.1 Å². The summed E-state index contributed by atoms with van der Waals surface area (Å²) in [5.41, 5.74) is 12.7. The lowest BCUT2D eigenvalue weighted by atomic mass is 10.0. The van der Waals surface area contributed by atoms with Crippen molar-refractivity contribution in [3.8, 4) is 0 Å². The van der Waals surface area contributed by atoms with Crippen LogP contribution in [0.25, 0.3) is 10.9 Å². The van der Waals surface area contributed by atoms with Crippen molar-refractivity contribution in [2.24, 2.45) is 11.5 Å². The SMILES string of the molecule is NC(=O)CCC(NC(=O)C(CCC(=O)O)NC(=O)C(CCC(=O)O)NC(=O)C(N)Cc1c[nH]c2ccccc12)C(=O)O. The van der Waals surface area contributed by atoms with Gasteiger partial charge in [-0.05, 0) is 37.3 Å². The van der Waals surface area contributed by atoms with Gasteiger partial charge in [-0.2, -0.15) is 0 Å². The molecule has 0 aliphatic carbocycles. The predicted octanol–water partition coefficient (Wildman–Crippen LogP) is -1.43. The first kappa shape index (κ1) is 33.2. The van der Waals surface area contributed by atoms with E-state index >= 15 is 0 Å². The van der Waals surface area contributed by atoms with Gasteiger partial charge >= 0.3 is 17.9 Å². The molecule has 1 aromatic carbocycles. The molecule has 0 fully saturated rings. The Kier molecular flexibility index (Phi) is 12.4. The number of carbonyl (C=O) groups excluding carboxylic acids is 4. The molecule has 0 aliphatic heterocycles. The first-order valence-corrected chi connectivity index (χ1v) is 12.9. The zero-order valence-corrected chi connectivity index (χ0v) is 22.5. The molecule has 228 valence electrons. The van der Waals surface area contributed by atoms with E-state index in [1.165, 1.54) is 0 Å². The molecular weight excluding hydrogens is 556 g/mol. The first-order valence-electron chi connectivity index (χ1n) is 12.9. The summed E-state index contributed by atoms with van der Waals surface area (Å²) in [6, 6.07) is 1.54. The van der Waals surface area contributed by atoms with E-state index in [9.17, 15) is 38.7 Å². The van der Waals surface area contributed by atoms with E-state index < -0.39 is 91.4 Å². The predicted molar refractivity (Wildman–Crippen MR) is 146 cm³/mol. The third kappa shape index (κ3) is 10.5. The summed E-state index contributed by atoms with van der Waals surface area (Å²) in [6.45, 7) is 0. The van der Waals surface area contributed by atoms with Crippen LogP contribution in [0.3, 0.4) is 0 Å². The number of carbonyl (C=O) groups is 7. The van der Waals surface area contributed by atoms with Crippen molar-refractivity contribution in [3.63, 3.8) is 0 Å². The van der Waals surface area contributed by atoms with Gasteiger partial charge in [0, 0.05) is 36.4 Å². The number of amides is 4. The Morgan fingerprint density at radius 2 is 1.24 bits per heavy atom. The minimum absolute atomic E-state index is 0.0780. The summed E-state index contributed by atoms with van der Waals surface area (Å²) in [4.78, 5) is 86.8. The Bertz CT molecular complexity index is 1330. The molecule has 2 rings (SSSR count). The summed E-state index contributed by atoms with van der Waals surface area (Å²) in [5, 5.41) is 35.2. The third-order valence-corrected chi connectivity index (χ3v) is 6.31. The summed E-state index contributed by atoms with van der Waals surface area (Å²) in [6.07, 6.45) is -0.964. The maximum Gasteiger partial charge on any atom is 0.326 e. The van der Waals surface area contributed by atoms with Crippen LogP contribution in [0.15, 0.2) is 30.5 Å². The van der Waals surface area contributed by atoms with Crippen LogP contribution in [0, 0.1) is 0 Å². The molecule has 0 aliphatic rings. The standard InChI is InChI=1S/C26H34N6O10/c27-15(11-13-12-29-16-4-2-1-3-14(13)16)23(38)30-17(6-9-21(34)35)24(39)31-18(7-10-22(36)37)25(40)32-19(26(41)42)5-8-20(28)33/h1-4,12,15,17-19,29H,5-11,27H2,(H2,28,33)(H,30,38)(H,31,39)(H,32,40)(H,34,35)(H,36,37)(H,41,42). The molecule has 0 bridgehead atoms. The van der Waals surface area contributed by atoms with E-state index in [0.717, 1.165) is 16.5 Å². The van der Waals surface area contributed by atoms with Crippen LogP contribution in [-0.4, -0.2) is 86.0 Å². The molecule has 0 saturated heterocycles. The minimum Gasteiger partial charge on any atom is -0.481 e. The number of hydrogen-bond donors (Lipinski definition) is 9. The molecule has 42 heavy (non-hydrogen) atoms. The van der Waals surface area contributed by atoms with Gasteiger partial charge in [-0.3, -0.25) is 28.8 Å². The van der Waals surface area contributed by atoms with E-state index in [2.05, 4.69) is 20.9 Å². The van der Waals surface area contributed by atoms with Crippen LogP contribution in [0.2, 0.25) is 0 Å². The first-order chi connectivity index (χ1) is 19.8. The van der Waals surface area contributed by atoms with Crippen LogP contribution in [-0.2, 0) is 40.0 Å². The lowest BCUT2D eigenvalue weighted by Gasteiger charge is -2.25. The van der Waals surface area contributed by atoms with Crippen molar-refractivity contribution in [2.75, 3.05) is 0 Å². The molecular formula is C26H34N6O10. The van der Waals surface area contributed by atoms with E-state index in [1.54, 1.807) is 6.20 Å². The molecule has 16 nitrogen and oxygen atoms in total. The van der Waals surface area contributed by atoms with Gasteiger partial charge in [-0.25, -0.2) is 4.79 Å². The van der Waals surface area contributed by atoms with Crippen molar-refractivity contribution in [2.45, 2.75) is 69.1 Å². The highest BCUT2D eigenvalue weighted by molar-refractivity contribution is 5.95. The number of hydrogen-bond acceptors (Lipinski definition) is 8. The number of nitrogens with two attached hydrogens (primary N) is 2. The second kappa shape index (κ2) is 15.7. The number of para-hydroxylation sites is 1. The van der Waals surface area contributed by atoms with Crippen LogP contribution < -0.4 is 27.4 Å². The third-order valence-electron chi connectivity index (χ3n) is 6.31. The van der Waals surface area contributed by atoms with Gasteiger partial charge < -0.3 is 47.7 Å². The second-order valence-corrected chi connectivity index (χ2v) is 9.56. The number of H-pyrrole nitrogens is 1. The molecule has 0 spiro atoms. The summed E-state index contributed by atoms with van der Waals surface area (Å²) in [7, 11) is 0. The van der Waals surface area contributed by atoms with Gasteiger partial charge in [-0.1, -0.05) is 18.2 Å². The Balaban J connectivity index is 2.17. The topological polar surface area (TPSA) is 284 Å². The van der Waals surface area contributed by atoms with E-state index in [-0.39, 0.29) is 19.3 Å². The fourth-order valence-corrected chi connectivity index (χ4v) is 4.07. The lowest BCUT2D eigenvalue weighted by Crippen LogP contribution is -2.57. The average Bonchev–Trinajstić information content (AvgIpc) is 3.32. The van der Waals surface area contributed by atoms with Gasteiger partial charge in [0.25, 0.3) is 0 Å². The molecule has 0 radical (unpaired) electrons. The number of rotatable bonds is 18. The molecule has 4 amide bonds. The summed E-state index contributed by atoms with van der Waals surface area (Å²) in [5.74, 6) is -7.77. The highest BCUT2D eigenvalue weighted by Gasteiger charge is 2.31. The van der Waals surface area contributed by atoms with Gasteiger partial charge in [0.05, 0.1) is 6.04 Å². The molecule has 11 N–H and O–H groups in total. The smallest absolute Gasteiger partial charge is 0.326 e. The van der Waals surface area contributed by atoms with Crippen molar-refractivity contribution in [3.05, 3.63) is 36.0 Å². The number of primary amides is 1. The number of benzene rings is 1. The normalized spacial score (nSPS) is 13.7. The Labute approximate surface area is 239 Å². The highest BCUT2D eigenvalue weighted by atomic mass is 16.4. The molecule has 2 aromatic rings. The number of carboxylic acids is 3. The number of aromatic amines is 1. The van der Waals surface area contributed by atoms with Crippen LogP contribution in [0.5, 0.6) is 0 Å². The van der Waals surface area contributed by atoms with Crippen molar-refractivity contribution in [1.82, 2.24) is 20.9 Å². The quantitative estimate of drug-likeness (QED) is 0.0970. The summed E-state index contributed by atoms with van der Waals surface area (Å²) < 4.78 is 0. The largest absolute Gasteiger partial charge is 0.481 e. The number of aromatic nitrogens is 1. The number of aliphatic carboxylic acids is 3. The monoisotopic (exact) mass is 590 g/mol. The summed E-state index contributed by atoms with van der Waals surface area (Å²) >= 11 is 0. The molecule has 1 aromatic heterocycles. The van der Waals surface area contributed by atoms with Gasteiger partial charge in [-0.15, -0.1) is 0 Å². The molecule has 4 atom stereocenters. The Hall–Kier alpha value is -4.99. The second-order valence-electron chi connectivity index (χ2n) is 9.56. The zero-order chi connectivity index (χ0) is 31.4. The van der Waals surface area contributed by atoms with E-state index in [4.69, 9.17) is 21.7 Å². The maximum atomic E-state index is 13.1. The van der Waals surface area contributed by atoms with Crippen LogP contribution >= 0.6 is 0 Å². The van der Waals surface area contributed by atoms with Crippen LogP contribution in [0.4, 0.5) is 0 Å². The Morgan fingerprint density at radius 1 is 0.738 bits per heavy atom. The van der Waals surface area contributed by atoms with E-state index in [0.29, 0.717) is 0 Å². The van der Waals surface area contributed by atoms with Crippen molar-refractivity contribution >= 4 is 52.4 Å². The minimum atomic E-state index is -1.58. The van der Waals surface area contributed by atoms with Crippen molar-refractivity contribution < 1.29 is 48.9 Å². The highest BCUT2D eigenvalue weighted by Crippen LogP contribution is 2.19. The lowest BCUT2D eigenvalue weighted by molar-refractivity contribution is -0.143. The van der Waals surface area contributed by atoms with Crippen molar-refractivity contribution in [1.29, 1.82) is 0 Å². The Morgan fingerprint density at radius 3 is 1.76 bits per heavy atom. The molecule has 0 saturated carbocycles. The fraction of sp³-hybridized carbons (Fsp3) is 0.423. The van der Waals surface area contributed by atoms with Gasteiger partial charge in [0.1, 0.15) is 18.1 Å². The molecule has 1 heterocycles. The maximum absolute atomic E-state index is 13.1. The molecule has 16 heteroatoms. The average molecular weight is 591 g/mol. The van der Waals surface area contributed by atoms with Gasteiger partial charge in [0.2, 0.25) is 23.6 Å². The molecule has 4 unspecified atom stereocenters. The number of carboxylic acid groups (broad SMARTS) is 3. The number of nitrogens with one attached hydrogen (secondary N) is 4. The number of fused-ring (bicyclic) bond motifs is 1. The van der Waals surface area contributed by atoms with E-state index in [1.807, 2.05) is 24.3 Å². The van der Waals surface area contributed by atoms with Gasteiger partial charge in [0.15, 0.2) is 0 Å².